The number of ketones is 1. The van der Waals surface area contributed by atoms with E-state index in [1.807, 2.05) is 13.8 Å². The number of carboxylic acid groups (broad SMARTS) is 1. The minimum absolute atomic E-state index is 0.160. The van der Waals surface area contributed by atoms with Crippen LogP contribution >= 0.6 is 0 Å². The van der Waals surface area contributed by atoms with Crippen LogP contribution in [0.25, 0.3) is 0 Å². The molecule has 0 bridgehead atoms. The number of nitrogens with two attached hydrogens (primary N) is 1. The lowest BCUT2D eigenvalue weighted by Gasteiger charge is -2.06. The van der Waals surface area contributed by atoms with Crippen LogP contribution < -0.4 is 5.73 Å². The molecule has 64 valence electrons. The van der Waals surface area contributed by atoms with Gasteiger partial charge in [0, 0.05) is 6.42 Å². The monoisotopic (exact) mass is 159 g/mol. The average Bonchev–Trinajstić information content (AvgIpc) is 1.84. The largest absolute Gasteiger partial charge is 0.480 e. The highest BCUT2D eigenvalue weighted by atomic mass is 16.4. The summed E-state index contributed by atoms with van der Waals surface area (Å²) in [7, 11) is 0. The minimum Gasteiger partial charge on any atom is -0.480 e. The lowest BCUT2D eigenvalue weighted by atomic mass is 10.0. The first-order valence-electron chi connectivity index (χ1n) is 3.46. The van der Waals surface area contributed by atoms with E-state index < -0.39 is 17.8 Å². The van der Waals surface area contributed by atoms with Crippen LogP contribution in [0, 0.1) is 5.92 Å². The van der Waals surface area contributed by atoms with Gasteiger partial charge in [0.2, 0.25) is 0 Å². The molecule has 0 aromatic rings. The van der Waals surface area contributed by atoms with E-state index in [-0.39, 0.29) is 12.3 Å². The number of hydrogen-bond acceptors (Lipinski definition) is 3. The van der Waals surface area contributed by atoms with E-state index in [0.29, 0.717) is 0 Å². The summed E-state index contributed by atoms with van der Waals surface area (Å²) in [5.74, 6) is -1.50. The summed E-state index contributed by atoms with van der Waals surface area (Å²) in [5, 5.41) is 8.32. The molecule has 1 atom stereocenters. The van der Waals surface area contributed by atoms with Crippen LogP contribution in [0.1, 0.15) is 20.3 Å². The first-order valence-corrected chi connectivity index (χ1v) is 3.46. The third-order valence-electron chi connectivity index (χ3n) is 1.22. The van der Waals surface area contributed by atoms with Crippen molar-refractivity contribution in [3.05, 3.63) is 0 Å². The molecule has 0 saturated carbocycles. The lowest BCUT2D eigenvalue weighted by Crippen LogP contribution is -2.38. The maximum Gasteiger partial charge on any atom is 0.328 e. The Kier molecular flexibility index (Phi) is 3.74. The fourth-order valence-corrected chi connectivity index (χ4v) is 0.667. The van der Waals surface area contributed by atoms with Gasteiger partial charge in [0.1, 0.15) is 0 Å². The molecule has 0 spiro atoms. The fourth-order valence-electron chi connectivity index (χ4n) is 0.667. The van der Waals surface area contributed by atoms with Crippen molar-refractivity contribution in [3.8, 4) is 0 Å². The van der Waals surface area contributed by atoms with Crippen molar-refractivity contribution in [1.82, 2.24) is 0 Å². The molecule has 11 heavy (non-hydrogen) atoms. The highest BCUT2D eigenvalue weighted by Gasteiger charge is 2.21. The zero-order chi connectivity index (χ0) is 9.02. The number of carboxylic acids is 1. The summed E-state index contributed by atoms with van der Waals surface area (Å²) in [4.78, 5) is 21.1. The predicted molar refractivity (Wildman–Crippen MR) is 40.1 cm³/mol. The second kappa shape index (κ2) is 4.08. The molecule has 4 nitrogen and oxygen atoms in total. The minimum atomic E-state index is -1.35. The van der Waals surface area contributed by atoms with Gasteiger partial charge in [-0.3, -0.25) is 9.59 Å². The molecule has 0 amide bonds. The molecule has 0 fully saturated rings. The van der Waals surface area contributed by atoms with Gasteiger partial charge in [0.15, 0.2) is 11.8 Å². The van der Waals surface area contributed by atoms with E-state index in [4.69, 9.17) is 10.8 Å². The average molecular weight is 159 g/mol. The van der Waals surface area contributed by atoms with Crippen molar-refractivity contribution >= 4 is 11.8 Å². The zero-order valence-corrected chi connectivity index (χ0v) is 6.70. The molecule has 4 heteroatoms. The van der Waals surface area contributed by atoms with E-state index in [2.05, 4.69) is 0 Å². The summed E-state index contributed by atoms with van der Waals surface area (Å²) in [6.45, 7) is 3.68. The molecule has 0 aliphatic carbocycles. The van der Waals surface area contributed by atoms with Crippen molar-refractivity contribution in [2.75, 3.05) is 0 Å². The molecule has 0 saturated heterocycles. The van der Waals surface area contributed by atoms with E-state index >= 15 is 0 Å². The van der Waals surface area contributed by atoms with Crippen LogP contribution in [0.2, 0.25) is 0 Å². The van der Waals surface area contributed by atoms with Crippen LogP contribution in [-0.4, -0.2) is 22.9 Å². The van der Waals surface area contributed by atoms with E-state index in [1.165, 1.54) is 0 Å². The van der Waals surface area contributed by atoms with Gasteiger partial charge in [-0.15, -0.1) is 0 Å². The molecule has 0 rings (SSSR count). The smallest absolute Gasteiger partial charge is 0.328 e. The van der Waals surface area contributed by atoms with E-state index in [1.54, 1.807) is 0 Å². The molecule has 0 aliphatic rings. The topological polar surface area (TPSA) is 80.4 Å². The molecule has 3 N–H and O–H groups in total. The SMILES string of the molecule is CC(C)CC(=O)C(N)C(=O)O. The van der Waals surface area contributed by atoms with Crippen molar-refractivity contribution in [3.63, 3.8) is 0 Å². The Morgan fingerprint density at radius 3 is 2.18 bits per heavy atom. The Labute approximate surface area is 65.4 Å². The highest BCUT2D eigenvalue weighted by molar-refractivity contribution is 6.02. The summed E-state index contributed by atoms with van der Waals surface area (Å²) >= 11 is 0. The molecule has 0 heterocycles. The maximum atomic E-state index is 10.9. The van der Waals surface area contributed by atoms with Crippen LogP contribution in [-0.2, 0) is 9.59 Å². The number of carbonyl (C=O) groups is 2. The quantitative estimate of drug-likeness (QED) is 0.566. The maximum absolute atomic E-state index is 10.9. The van der Waals surface area contributed by atoms with E-state index in [9.17, 15) is 9.59 Å². The van der Waals surface area contributed by atoms with Crippen LogP contribution in [0.4, 0.5) is 0 Å². The normalized spacial score (nSPS) is 13.1. The number of carbonyl (C=O) groups excluding carboxylic acids is 1. The molecule has 0 radical (unpaired) electrons. The predicted octanol–water partition coefficient (Wildman–Crippen LogP) is 0.0135. The summed E-state index contributed by atoms with van der Waals surface area (Å²) in [6.07, 6.45) is 0.230. The van der Waals surface area contributed by atoms with Gasteiger partial charge in [-0.25, -0.2) is 0 Å². The summed E-state index contributed by atoms with van der Waals surface area (Å²) in [5.41, 5.74) is 5.06. The standard InChI is InChI=1S/C7H13NO3/c1-4(2)3-5(9)6(8)7(10)11/h4,6H,3,8H2,1-2H3,(H,10,11). The van der Waals surface area contributed by atoms with Crippen LogP contribution in [0.15, 0.2) is 0 Å². The van der Waals surface area contributed by atoms with Crippen molar-refractivity contribution in [2.45, 2.75) is 26.3 Å². The Hall–Kier alpha value is -0.900. The van der Waals surface area contributed by atoms with Gasteiger partial charge in [-0.05, 0) is 5.92 Å². The van der Waals surface area contributed by atoms with Crippen molar-refractivity contribution in [2.24, 2.45) is 11.7 Å². The van der Waals surface area contributed by atoms with Crippen molar-refractivity contribution in [1.29, 1.82) is 0 Å². The van der Waals surface area contributed by atoms with Gasteiger partial charge < -0.3 is 10.8 Å². The second-order valence-electron chi connectivity index (χ2n) is 2.88. The molecule has 0 aliphatic heterocycles. The second-order valence-corrected chi connectivity index (χ2v) is 2.88. The Morgan fingerprint density at radius 2 is 1.91 bits per heavy atom. The number of rotatable bonds is 4. The van der Waals surface area contributed by atoms with Gasteiger partial charge in [0.25, 0.3) is 0 Å². The molecular formula is C7H13NO3. The summed E-state index contributed by atoms with van der Waals surface area (Å²) < 4.78 is 0. The van der Waals surface area contributed by atoms with Gasteiger partial charge >= 0.3 is 5.97 Å². The highest BCUT2D eigenvalue weighted by Crippen LogP contribution is 2.01. The number of hydrogen-bond donors (Lipinski definition) is 2. The van der Waals surface area contributed by atoms with Crippen LogP contribution in [0.5, 0.6) is 0 Å². The molecular weight excluding hydrogens is 146 g/mol. The Bertz CT molecular complexity index is 165. The summed E-state index contributed by atoms with van der Waals surface area (Å²) in [6, 6.07) is -1.35. The Balaban J connectivity index is 3.93. The molecule has 0 aromatic carbocycles. The molecule has 0 aromatic heterocycles. The van der Waals surface area contributed by atoms with Gasteiger partial charge in [-0.2, -0.15) is 0 Å². The lowest BCUT2D eigenvalue weighted by molar-refractivity contribution is -0.142. The first-order chi connectivity index (χ1) is 4.95. The van der Waals surface area contributed by atoms with Gasteiger partial charge in [-0.1, -0.05) is 13.8 Å². The Morgan fingerprint density at radius 1 is 1.45 bits per heavy atom. The van der Waals surface area contributed by atoms with Crippen molar-refractivity contribution < 1.29 is 14.7 Å². The van der Waals surface area contributed by atoms with Gasteiger partial charge in [0.05, 0.1) is 0 Å². The van der Waals surface area contributed by atoms with Crippen LogP contribution in [0.3, 0.4) is 0 Å². The number of aliphatic carboxylic acids is 1. The molecule has 1 unspecified atom stereocenters. The number of Topliss-reactive ketones (excluding diaryl/α,β-unsaturated/α-hetero) is 1. The third kappa shape index (κ3) is 3.72. The zero-order valence-electron chi connectivity index (χ0n) is 6.70. The van der Waals surface area contributed by atoms with E-state index in [0.717, 1.165) is 0 Å². The first kappa shape index (κ1) is 10.1. The fraction of sp³-hybridized carbons (Fsp3) is 0.714. The third-order valence-corrected chi connectivity index (χ3v) is 1.22.